The number of aromatic carboxylic acids is 1. The van der Waals surface area contributed by atoms with Gasteiger partial charge in [0.25, 0.3) is 0 Å². The molecule has 1 unspecified atom stereocenters. The van der Waals surface area contributed by atoms with Gasteiger partial charge >= 0.3 is 5.97 Å². The van der Waals surface area contributed by atoms with E-state index >= 15 is 0 Å². The predicted molar refractivity (Wildman–Crippen MR) is 84.4 cm³/mol. The number of aryl methyl sites for hydroxylation is 1. The lowest BCUT2D eigenvalue weighted by molar-refractivity contribution is 0.0689. The number of aliphatic hydroxyl groups excluding tert-OH is 1. The molecule has 7 heteroatoms. The van der Waals surface area contributed by atoms with Gasteiger partial charge in [-0.05, 0) is 31.4 Å². The Bertz CT molecular complexity index is 718. The third-order valence-corrected chi connectivity index (χ3v) is 3.93. The number of aromatic nitrogens is 3. The van der Waals surface area contributed by atoms with E-state index < -0.39 is 5.97 Å². The summed E-state index contributed by atoms with van der Waals surface area (Å²) in [6.45, 7) is 3.10. The molecule has 1 saturated heterocycles. The molecular weight excluding hydrogens is 296 g/mol. The fourth-order valence-electron chi connectivity index (χ4n) is 2.73. The van der Waals surface area contributed by atoms with E-state index in [9.17, 15) is 9.90 Å². The monoisotopic (exact) mass is 314 g/mol. The van der Waals surface area contributed by atoms with Crippen LogP contribution in [0.25, 0.3) is 11.1 Å². The van der Waals surface area contributed by atoms with Gasteiger partial charge in [0.15, 0.2) is 5.69 Å². The number of β-amino-alcohol motifs (C(OH)–C–C–N with tert-alkyl or cyclic N) is 1. The molecule has 0 aromatic carbocycles. The number of hydrogen-bond donors (Lipinski definition) is 2. The Morgan fingerprint density at radius 3 is 2.52 bits per heavy atom. The molecule has 23 heavy (non-hydrogen) atoms. The summed E-state index contributed by atoms with van der Waals surface area (Å²) >= 11 is 0. The molecule has 3 rings (SSSR count). The molecule has 0 radical (unpaired) electrons. The number of carboxylic acids is 1. The lowest BCUT2D eigenvalue weighted by Gasteiger charge is -2.29. The average molecular weight is 314 g/mol. The summed E-state index contributed by atoms with van der Waals surface area (Å²) in [4.78, 5) is 25.7. The molecule has 2 N–H and O–H groups in total. The predicted octanol–water partition coefficient (Wildman–Crippen LogP) is 1.51. The molecule has 1 atom stereocenters. The van der Waals surface area contributed by atoms with E-state index in [4.69, 9.17) is 5.11 Å². The molecule has 120 valence electrons. The van der Waals surface area contributed by atoms with Gasteiger partial charge in [-0.15, -0.1) is 0 Å². The minimum absolute atomic E-state index is 0.0496. The fourth-order valence-corrected chi connectivity index (χ4v) is 2.73. The van der Waals surface area contributed by atoms with Gasteiger partial charge in [0, 0.05) is 42.8 Å². The Balaban J connectivity index is 1.82. The lowest BCUT2D eigenvalue weighted by atomic mass is 10.1. The second-order valence-electron chi connectivity index (χ2n) is 5.71. The summed E-state index contributed by atoms with van der Waals surface area (Å²) in [5.41, 5.74) is 2.20. The summed E-state index contributed by atoms with van der Waals surface area (Å²) in [5, 5.41) is 18.7. The molecule has 0 amide bonds. The maximum atomic E-state index is 11.0. The van der Waals surface area contributed by atoms with E-state index in [1.165, 1.54) is 6.20 Å². The Hall–Kier alpha value is -2.54. The van der Waals surface area contributed by atoms with Crippen molar-refractivity contribution >= 4 is 11.9 Å². The smallest absolute Gasteiger partial charge is 0.354 e. The zero-order chi connectivity index (χ0) is 16.4. The number of nitrogens with zero attached hydrogens (tertiary/aromatic N) is 4. The molecule has 1 aliphatic rings. The number of anilines is 1. The third kappa shape index (κ3) is 3.29. The molecule has 1 aliphatic heterocycles. The number of carbonyl (C=O) groups is 1. The summed E-state index contributed by atoms with van der Waals surface area (Å²) in [7, 11) is 0. The summed E-state index contributed by atoms with van der Waals surface area (Å²) in [6.07, 6.45) is 6.31. The van der Waals surface area contributed by atoms with Gasteiger partial charge in [-0.1, -0.05) is 0 Å². The summed E-state index contributed by atoms with van der Waals surface area (Å²) in [6, 6.07) is 1.76. The van der Waals surface area contributed by atoms with Crippen molar-refractivity contribution in [1.29, 1.82) is 0 Å². The van der Waals surface area contributed by atoms with Crippen molar-refractivity contribution in [3.63, 3.8) is 0 Å². The second kappa shape index (κ2) is 6.29. The Morgan fingerprint density at radius 1 is 1.22 bits per heavy atom. The standard InChI is InChI=1S/C16H18N4O3/c1-10-5-11(6-17-14(10)15(22)23)12-7-18-16(19-8-12)20-4-2-3-13(21)9-20/h5-8,13,21H,2-4,9H2,1H3,(H,22,23). The number of aliphatic hydroxyl groups is 1. The van der Waals surface area contributed by atoms with Crippen molar-refractivity contribution in [2.45, 2.75) is 25.9 Å². The molecule has 0 aliphatic carbocycles. The van der Waals surface area contributed by atoms with Gasteiger partial charge in [0.1, 0.15) is 0 Å². The fraction of sp³-hybridized carbons (Fsp3) is 0.375. The first-order valence-corrected chi connectivity index (χ1v) is 7.50. The van der Waals surface area contributed by atoms with Crippen LogP contribution in [-0.2, 0) is 0 Å². The highest BCUT2D eigenvalue weighted by Crippen LogP contribution is 2.22. The highest BCUT2D eigenvalue weighted by molar-refractivity contribution is 5.87. The SMILES string of the molecule is Cc1cc(-c2cnc(N3CCCC(O)C3)nc2)cnc1C(=O)O. The summed E-state index contributed by atoms with van der Waals surface area (Å²) < 4.78 is 0. The van der Waals surface area contributed by atoms with Gasteiger partial charge in [-0.2, -0.15) is 0 Å². The molecule has 0 bridgehead atoms. The Kier molecular flexibility index (Phi) is 4.20. The van der Waals surface area contributed by atoms with Crippen molar-refractivity contribution in [2.75, 3.05) is 18.0 Å². The Morgan fingerprint density at radius 2 is 1.91 bits per heavy atom. The second-order valence-corrected chi connectivity index (χ2v) is 5.71. The first-order valence-electron chi connectivity index (χ1n) is 7.50. The van der Waals surface area contributed by atoms with Crippen molar-refractivity contribution in [2.24, 2.45) is 0 Å². The quantitative estimate of drug-likeness (QED) is 0.885. The van der Waals surface area contributed by atoms with Crippen molar-refractivity contribution in [3.05, 3.63) is 35.9 Å². The van der Waals surface area contributed by atoms with E-state index in [-0.39, 0.29) is 11.8 Å². The number of carboxylic acid groups (broad SMARTS) is 1. The summed E-state index contributed by atoms with van der Waals surface area (Å²) in [5.74, 6) is -0.441. The van der Waals surface area contributed by atoms with Crippen LogP contribution >= 0.6 is 0 Å². The number of piperidine rings is 1. The van der Waals surface area contributed by atoms with Crippen LogP contribution in [0.4, 0.5) is 5.95 Å². The minimum atomic E-state index is -1.04. The number of hydrogen-bond acceptors (Lipinski definition) is 6. The molecule has 3 heterocycles. The van der Waals surface area contributed by atoms with Crippen LogP contribution < -0.4 is 4.90 Å². The van der Waals surface area contributed by atoms with Gasteiger partial charge in [0.2, 0.25) is 5.95 Å². The largest absolute Gasteiger partial charge is 0.477 e. The van der Waals surface area contributed by atoms with Crippen LogP contribution in [0.5, 0.6) is 0 Å². The highest BCUT2D eigenvalue weighted by atomic mass is 16.4. The molecular formula is C16H18N4O3. The highest BCUT2D eigenvalue weighted by Gasteiger charge is 2.19. The maximum absolute atomic E-state index is 11.0. The van der Waals surface area contributed by atoms with Crippen LogP contribution in [0.2, 0.25) is 0 Å². The number of rotatable bonds is 3. The van der Waals surface area contributed by atoms with Crippen LogP contribution in [-0.4, -0.2) is 50.3 Å². The number of pyridine rings is 1. The first-order chi connectivity index (χ1) is 11.0. The van der Waals surface area contributed by atoms with Crippen molar-refractivity contribution in [1.82, 2.24) is 15.0 Å². The zero-order valence-electron chi connectivity index (χ0n) is 12.8. The molecule has 0 spiro atoms. The molecule has 0 saturated carbocycles. The molecule has 2 aromatic rings. The van der Waals surface area contributed by atoms with Crippen molar-refractivity contribution in [3.8, 4) is 11.1 Å². The van der Waals surface area contributed by atoms with Gasteiger partial charge in [-0.25, -0.2) is 19.7 Å². The van der Waals surface area contributed by atoms with E-state index in [0.717, 1.165) is 30.5 Å². The van der Waals surface area contributed by atoms with Gasteiger partial charge in [-0.3, -0.25) is 0 Å². The van der Waals surface area contributed by atoms with Gasteiger partial charge in [0.05, 0.1) is 6.10 Å². The average Bonchev–Trinajstić information content (AvgIpc) is 2.54. The maximum Gasteiger partial charge on any atom is 0.354 e. The van der Waals surface area contributed by atoms with Crippen LogP contribution in [0.3, 0.4) is 0 Å². The van der Waals surface area contributed by atoms with Crippen LogP contribution in [0.15, 0.2) is 24.7 Å². The first kappa shape index (κ1) is 15.4. The van der Waals surface area contributed by atoms with Gasteiger partial charge < -0.3 is 15.1 Å². The molecule has 7 nitrogen and oxygen atoms in total. The van der Waals surface area contributed by atoms with Crippen molar-refractivity contribution < 1.29 is 15.0 Å². The lowest BCUT2D eigenvalue weighted by Crippen LogP contribution is -2.39. The third-order valence-electron chi connectivity index (χ3n) is 3.93. The van der Waals surface area contributed by atoms with Crippen LogP contribution in [0, 0.1) is 6.92 Å². The molecule has 1 fully saturated rings. The van der Waals surface area contributed by atoms with E-state index in [1.807, 2.05) is 4.90 Å². The molecule has 2 aromatic heterocycles. The van der Waals surface area contributed by atoms with E-state index in [0.29, 0.717) is 18.1 Å². The normalized spacial score (nSPS) is 18.0. The van der Waals surface area contributed by atoms with Crippen LogP contribution in [0.1, 0.15) is 28.9 Å². The Labute approximate surface area is 133 Å². The van der Waals surface area contributed by atoms with E-state index in [2.05, 4.69) is 15.0 Å². The topological polar surface area (TPSA) is 99.4 Å². The zero-order valence-corrected chi connectivity index (χ0v) is 12.8. The van der Waals surface area contributed by atoms with E-state index in [1.54, 1.807) is 25.4 Å². The minimum Gasteiger partial charge on any atom is -0.477 e.